The summed E-state index contributed by atoms with van der Waals surface area (Å²) in [5.74, 6) is -0.0605. The Morgan fingerprint density at radius 2 is 2.55 bits per heavy atom. The molecule has 11 heavy (non-hydrogen) atoms. The third-order valence-electron chi connectivity index (χ3n) is 1.32. The van der Waals surface area contributed by atoms with Crippen molar-refractivity contribution >= 4 is 23.2 Å². The highest BCUT2D eigenvalue weighted by Gasteiger charge is 2.22. The van der Waals surface area contributed by atoms with E-state index in [1.807, 2.05) is 6.92 Å². The first-order valence-corrected chi connectivity index (χ1v) is 3.81. The average molecular weight is 174 g/mol. The lowest BCUT2D eigenvalue weighted by molar-refractivity contribution is -0.118. The van der Waals surface area contributed by atoms with Crippen molar-refractivity contribution in [3.63, 3.8) is 0 Å². The lowest BCUT2D eigenvalue weighted by Gasteiger charge is -2.13. The van der Waals surface area contributed by atoms with Gasteiger partial charge in [-0.2, -0.15) is 0 Å². The predicted molar refractivity (Wildman–Crippen MR) is 43.9 cm³/mol. The van der Waals surface area contributed by atoms with Crippen molar-refractivity contribution in [2.45, 2.75) is 6.92 Å². The average Bonchev–Trinajstić information content (AvgIpc) is 2.26. The Bertz CT molecular complexity index is 183. The SMILES string of the molecule is CCOCN1CC(=O)NC1=S. The molecule has 0 saturated carbocycles. The van der Waals surface area contributed by atoms with Gasteiger partial charge in [0.05, 0.1) is 0 Å². The van der Waals surface area contributed by atoms with E-state index in [4.69, 9.17) is 17.0 Å². The molecule has 0 aliphatic carbocycles. The van der Waals surface area contributed by atoms with E-state index in [-0.39, 0.29) is 5.91 Å². The number of hydrogen-bond donors (Lipinski definition) is 1. The maximum atomic E-state index is 10.7. The minimum absolute atomic E-state index is 0.0605. The van der Waals surface area contributed by atoms with E-state index >= 15 is 0 Å². The molecule has 0 bridgehead atoms. The summed E-state index contributed by atoms with van der Waals surface area (Å²) in [6.45, 7) is 3.24. The Labute approximate surface area is 70.5 Å². The Balaban J connectivity index is 2.34. The lowest BCUT2D eigenvalue weighted by Crippen LogP contribution is -2.30. The predicted octanol–water partition coefficient (Wildman–Crippen LogP) is -0.303. The monoisotopic (exact) mass is 174 g/mol. The number of hydrogen-bond acceptors (Lipinski definition) is 3. The molecule has 1 amide bonds. The maximum absolute atomic E-state index is 10.7. The Morgan fingerprint density at radius 3 is 3.00 bits per heavy atom. The van der Waals surface area contributed by atoms with Crippen LogP contribution >= 0.6 is 12.2 Å². The molecule has 0 aromatic rings. The van der Waals surface area contributed by atoms with Crippen LogP contribution in [0.5, 0.6) is 0 Å². The number of nitrogens with one attached hydrogen (secondary N) is 1. The number of amides is 1. The number of thiocarbonyl (C=S) groups is 1. The molecule has 62 valence electrons. The second-order valence-electron chi connectivity index (χ2n) is 2.17. The third-order valence-corrected chi connectivity index (χ3v) is 1.68. The van der Waals surface area contributed by atoms with Gasteiger partial charge in [-0.1, -0.05) is 0 Å². The van der Waals surface area contributed by atoms with Crippen LogP contribution < -0.4 is 5.32 Å². The zero-order chi connectivity index (χ0) is 8.27. The fraction of sp³-hybridized carbons (Fsp3) is 0.667. The topological polar surface area (TPSA) is 41.6 Å². The summed E-state index contributed by atoms with van der Waals surface area (Å²) in [6, 6.07) is 0. The van der Waals surface area contributed by atoms with Crippen LogP contribution in [0.15, 0.2) is 0 Å². The van der Waals surface area contributed by atoms with Gasteiger partial charge < -0.3 is 15.0 Å². The summed E-state index contributed by atoms with van der Waals surface area (Å²) in [5.41, 5.74) is 0. The molecule has 1 aliphatic rings. The smallest absolute Gasteiger partial charge is 0.245 e. The van der Waals surface area contributed by atoms with Crippen molar-refractivity contribution in [3.05, 3.63) is 0 Å². The highest BCUT2D eigenvalue weighted by molar-refractivity contribution is 7.80. The van der Waals surface area contributed by atoms with E-state index in [9.17, 15) is 4.79 Å². The first kappa shape index (κ1) is 8.42. The molecular weight excluding hydrogens is 164 g/mol. The van der Waals surface area contributed by atoms with Crippen LogP contribution in [0, 0.1) is 0 Å². The standard InChI is InChI=1S/C6H10N2O2S/c1-2-10-4-8-3-5(9)7-6(8)11/h2-4H2,1H3,(H,7,9,11). The van der Waals surface area contributed by atoms with Crippen LogP contribution in [-0.2, 0) is 9.53 Å². The van der Waals surface area contributed by atoms with Gasteiger partial charge in [-0.3, -0.25) is 4.79 Å². The zero-order valence-corrected chi connectivity index (χ0v) is 7.11. The van der Waals surface area contributed by atoms with E-state index in [0.717, 1.165) is 0 Å². The largest absolute Gasteiger partial charge is 0.361 e. The summed E-state index contributed by atoms with van der Waals surface area (Å²) in [7, 11) is 0. The van der Waals surface area contributed by atoms with Crippen molar-refractivity contribution in [3.8, 4) is 0 Å². The normalized spacial score (nSPS) is 17.4. The Morgan fingerprint density at radius 1 is 1.82 bits per heavy atom. The molecule has 1 rings (SSSR count). The fourth-order valence-corrected chi connectivity index (χ4v) is 1.02. The number of nitrogens with zero attached hydrogens (tertiary/aromatic N) is 1. The van der Waals surface area contributed by atoms with Crippen LogP contribution in [0.25, 0.3) is 0 Å². The van der Waals surface area contributed by atoms with Gasteiger partial charge in [-0.25, -0.2) is 0 Å². The van der Waals surface area contributed by atoms with Crippen LogP contribution in [0.1, 0.15) is 6.92 Å². The lowest BCUT2D eigenvalue weighted by atomic mass is 10.6. The number of rotatable bonds is 3. The molecule has 0 spiro atoms. The first-order chi connectivity index (χ1) is 5.24. The maximum Gasteiger partial charge on any atom is 0.245 e. The summed E-state index contributed by atoms with van der Waals surface area (Å²) in [5, 5.41) is 2.98. The molecule has 5 heteroatoms. The molecule has 0 atom stereocenters. The van der Waals surface area contributed by atoms with Crippen LogP contribution in [0.2, 0.25) is 0 Å². The molecule has 0 aromatic carbocycles. The fourth-order valence-electron chi connectivity index (χ4n) is 0.789. The molecule has 1 saturated heterocycles. The van der Waals surface area contributed by atoms with Crippen molar-refractivity contribution in [2.24, 2.45) is 0 Å². The summed E-state index contributed by atoms with van der Waals surface area (Å²) in [4.78, 5) is 12.4. The summed E-state index contributed by atoms with van der Waals surface area (Å²) in [6.07, 6.45) is 0. The second-order valence-corrected chi connectivity index (χ2v) is 2.56. The minimum atomic E-state index is -0.0605. The van der Waals surface area contributed by atoms with Gasteiger partial charge in [-0.15, -0.1) is 0 Å². The van der Waals surface area contributed by atoms with Crippen molar-refractivity contribution in [2.75, 3.05) is 19.9 Å². The Kier molecular flexibility index (Phi) is 2.78. The number of ether oxygens (including phenoxy) is 1. The minimum Gasteiger partial charge on any atom is -0.361 e. The molecule has 4 nitrogen and oxygen atoms in total. The van der Waals surface area contributed by atoms with Gasteiger partial charge >= 0.3 is 0 Å². The van der Waals surface area contributed by atoms with E-state index in [2.05, 4.69) is 5.32 Å². The third kappa shape index (κ3) is 2.13. The molecule has 1 heterocycles. The number of carbonyl (C=O) groups is 1. The highest BCUT2D eigenvalue weighted by atomic mass is 32.1. The van der Waals surface area contributed by atoms with Gasteiger partial charge in [0.15, 0.2) is 5.11 Å². The molecular formula is C6H10N2O2S. The van der Waals surface area contributed by atoms with Crippen LogP contribution in [-0.4, -0.2) is 35.8 Å². The van der Waals surface area contributed by atoms with Crippen LogP contribution in [0.4, 0.5) is 0 Å². The van der Waals surface area contributed by atoms with E-state index < -0.39 is 0 Å². The first-order valence-electron chi connectivity index (χ1n) is 3.40. The summed E-state index contributed by atoms with van der Waals surface area (Å²) < 4.78 is 5.08. The van der Waals surface area contributed by atoms with E-state index in [1.54, 1.807) is 4.90 Å². The zero-order valence-electron chi connectivity index (χ0n) is 6.29. The number of carbonyl (C=O) groups excluding carboxylic acids is 1. The van der Waals surface area contributed by atoms with Gasteiger partial charge in [0.2, 0.25) is 5.91 Å². The molecule has 1 fully saturated rings. The van der Waals surface area contributed by atoms with Crippen molar-refractivity contribution in [1.82, 2.24) is 10.2 Å². The van der Waals surface area contributed by atoms with Gasteiger partial charge in [0.1, 0.15) is 13.3 Å². The van der Waals surface area contributed by atoms with Gasteiger partial charge in [-0.05, 0) is 19.1 Å². The van der Waals surface area contributed by atoms with Gasteiger partial charge in [0.25, 0.3) is 0 Å². The second kappa shape index (κ2) is 3.64. The summed E-state index contributed by atoms with van der Waals surface area (Å²) >= 11 is 4.84. The van der Waals surface area contributed by atoms with E-state index in [0.29, 0.717) is 25.0 Å². The highest BCUT2D eigenvalue weighted by Crippen LogP contribution is 1.97. The van der Waals surface area contributed by atoms with Gasteiger partial charge in [0, 0.05) is 6.61 Å². The molecule has 0 radical (unpaired) electrons. The van der Waals surface area contributed by atoms with Crippen molar-refractivity contribution < 1.29 is 9.53 Å². The quantitative estimate of drug-likeness (QED) is 0.596. The molecule has 0 unspecified atom stereocenters. The van der Waals surface area contributed by atoms with Crippen molar-refractivity contribution in [1.29, 1.82) is 0 Å². The van der Waals surface area contributed by atoms with Crippen LogP contribution in [0.3, 0.4) is 0 Å². The molecule has 1 N–H and O–H groups in total. The molecule has 1 aliphatic heterocycles. The molecule has 0 aromatic heterocycles. The van der Waals surface area contributed by atoms with E-state index in [1.165, 1.54) is 0 Å². The Hall–Kier alpha value is -0.680.